The smallest absolute Gasteiger partial charge is 0.250 e. The van der Waals surface area contributed by atoms with Crippen LogP contribution in [0, 0.1) is 0 Å². The molecule has 0 aliphatic carbocycles. The summed E-state index contributed by atoms with van der Waals surface area (Å²) >= 11 is 0. The lowest BCUT2D eigenvalue weighted by atomic mass is 10.1. The minimum atomic E-state index is -0.0146. The maximum absolute atomic E-state index is 12.2. The van der Waals surface area contributed by atoms with Crippen molar-refractivity contribution in [3.8, 4) is 0 Å². The fourth-order valence-electron chi connectivity index (χ4n) is 2.33. The highest BCUT2D eigenvalue weighted by molar-refractivity contribution is 6.08. The van der Waals surface area contributed by atoms with E-state index in [1.165, 1.54) is 6.92 Å². The van der Waals surface area contributed by atoms with Gasteiger partial charge in [0, 0.05) is 11.3 Å². The number of benzene rings is 2. The summed E-state index contributed by atoms with van der Waals surface area (Å²) in [7, 11) is 0. The van der Waals surface area contributed by atoms with E-state index in [1.54, 1.807) is 29.2 Å². The second kappa shape index (κ2) is 4.81. The van der Waals surface area contributed by atoms with Crippen molar-refractivity contribution in [2.24, 2.45) is 0 Å². The molecule has 1 aliphatic rings. The van der Waals surface area contributed by atoms with Crippen molar-refractivity contribution in [3.63, 3.8) is 0 Å². The summed E-state index contributed by atoms with van der Waals surface area (Å²) in [6, 6.07) is 14.8. The molecule has 100 valence electrons. The standard InChI is InChI=1S/C16H14N2O2/c1-11(19)12-6-8-13(9-7-12)18-15-5-3-2-4-14(15)17-10-16(18)20/h2-9,17H,10H2,1H3. The third-order valence-corrected chi connectivity index (χ3v) is 3.36. The zero-order chi connectivity index (χ0) is 14.1. The number of fused-ring (bicyclic) bond motifs is 1. The lowest BCUT2D eigenvalue weighted by Gasteiger charge is -2.30. The number of ketones is 1. The van der Waals surface area contributed by atoms with Crippen LogP contribution in [0.5, 0.6) is 0 Å². The van der Waals surface area contributed by atoms with Gasteiger partial charge in [-0.2, -0.15) is 0 Å². The summed E-state index contributed by atoms with van der Waals surface area (Å²) in [5.74, 6) is 0.00265. The van der Waals surface area contributed by atoms with Crippen LogP contribution in [0.3, 0.4) is 0 Å². The second-order valence-electron chi connectivity index (χ2n) is 4.70. The summed E-state index contributed by atoms with van der Waals surface area (Å²) in [6.45, 7) is 1.80. The van der Waals surface area contributed by atoms with Gasteiger partial charge in [-0.15, -0.1) is 0 Å². The molecule has 0 bridgehead atoms. The molecule has 4 nitrogen and oxygen atoms in total. The van der Waals surface area contributed by atoms with E-state index in [9.17, 15) is 9.59 Å². The van der Waals surface area contributed by atoms with E-state index in [1.807, 2.05) is 24.3 Å². The largest absolute Gasteiger partial charge is 0.374 e. The molecule has 0 radical (unpaired) electrons. The molecule has 0 saturated heterocycles. The van der Waals surface area contributed by atoms with Crippen LogP contribution in [0.25, 0.3) is 0 Å². The van der Waals surface area contributed by atoms with Crippen molar-refractivity contribution in [2.75, 3.05) is 16.8 Å². The number of carbonyl (C=O) groups is 2. The fraction of sp³-hybridized carbons (Fsp3) is 0.125. The van der Waals surface area contributed by atoms with Gasteiger partial charge < -0.3 is 5.32 Å². The maximum atomic E-state index is 12.2. The molecule has 4 heteroatoms. The van der Waals surface area contributed by atoms with Gasteiger partial charge in [-0.1, -0.05) is 12.1 Å². The maximum Gasteiger partial charge on any atom is 0.250 e. The van der Waals surface area contributed by atoms with Crippen molar-refractivity contribution in [1.29, 1.82) is 0 Å². The highest BCUT2D eigenvalue weighted by Gasteiger charge is 2.24. The van der Waals surface area contributed by atoms with Crippen molar-refractivity contribution < 1.29 is 9.59 Å². The Morgan fingerprint density at radius 3 is 2.50 bits per heavy atom. The van der Waals surface area contributed by atoms with Crippen LogP contribution < -0.4 is 10.2 Å². The quantitative estimate of drug-likeness (QED) is 0.850. The van der Waals surface area contributed by atoms with Crippen LogP contribution in [0.1, 0.15) is 17.3 Å². The molecule has 2 aromatic carbocycles. The highest BCUT2D eigenvalue weighted by Crippen LogP contribution is 2.34. The Balaban J connectivity index is 2.04. The minimum absolute atomic E-state index is 0.0146. The SMILES string of the molecule is CC(=O)c1ccc(N2C(=O)CNc3ccccc32)cc1. The number of anilines is 3. The third kappa shape index (κ3) is 2.05. The van der Waals surface area contributed by atoms with Crippen LogP contribution >= 0.6 is 0 Å². The van der Waals surface area contributed by atoms with E-state index in [2.05, 4.69) is 5.32 Å². The summed E-state index contributed by atoms with van der Waals surface area (Å²) < 4.78 is 0. The number of para-hydroxylation sites is 2. The zero-order valence-corrected chi connectivity index (χ0v) is 11.1. The molecule has 1 heterocycles. The molecule has 0 atom stereocenters. The Bertz CT molecular complexity index is 677. The molecule has 20 heavy (non-hydrogen) atoms. The number of hydrogen-bond donors (Lipinski definition) is 1. The first-order valence-corrected chi connectivity index (χ1v) is 6.43. The molecular formula is C16H14N2O2. The van der Waals surface area contributed by atoms with Gasteiger partial charge in [0.15, 0.2) is 5.78 Å². The fourth-order valence-corrected chi connectivity index (χ4v) is 2.33. The predicted octanol–water partition coefficient (Wildman–Crippen LogP) is 2.98. The van der Waals surface area contributed by atoms with Crippen molar-refractivity contribution >= 4 is 28.8 Å². The average molecular weight is 266 g/mol. The zero-order valence-electron chi connectivity index (χ0n) is 11.1. The van der Waals surface area contributed by atoms with E-state index in [-0.39, 0.29) is 18.2 Å². The Hall–Kier alpha value is -2.62. The van der Waals surface area contributed by atoms with E-state index in [0.29, 0.717) is 5.56 Å². The predicted molar refractivity (Wildman–Crippen MR) is 78.5 cm³/mol. The number of Topliss-reactive ketones (excluding diaryl/α,β-unsaturated/α-hetero) is 1. The van der Waals surface area contributed by atoms with Gasteiger partial charge in [0.05, 0.1) is 17.9 Å². The van der Waals surface area contributed by atoms with Crippen molar-refractivity contribution in [3.05, 3.63) is 54.1 Å². The summed E-state index contributed by atoms with van der Waals surface area (Å²) in [5.41, 5.74) is 3.18. The van der Waals surface area contributed by atoms with Gasteiger partial charge in [0.2, 0.25) is 0 Å². The number of amides is 1. The number of carbonyl (C=O) groups excluding carboxylic acids is 2. The molecule has 1 amide bonds. The Morgan fingerprint density at radius 2 is 1.80 bits per heavy atom. The number of hydrogen-bond acceptors (Lipinski definition) is 3. The summed E-state index contributed by atoms with van der Waals surface area (Å²) in [4.78, 5) is 25.2. The Kier molecular flexibility index (Phi) is 2.99. The Morgan fingerprint density at radius 1 is 1.10 bits per heavy atom. The molecular weight excluding hydrogens is 252 g/mol. The first-order chi connectivity index (χ1) is 9.66. The first kappa shape index (κ1) is 12.4. The molecule has 3 rings (SSSR count). The van der Waals surface area contributed by atoms with Gasteiger partial charge in [0.25, 0.3) is 5.91 Å². The molecule has 2 aromatic rings. The van der Waals surface area contributed by atoms with Crippen LogP contribution in [0.4, 0.5) is 17.1 Å². The molecule has 1 aliphatic heterocycles. The van der Waals surface area contributed by atoms with E-state index in [0.717, 1.165) is 17.1 Å². The lowest BCUT2D eigenvalue weighted by Crippen LogP contribution is -2.36. The molecule has 0 fully saturated rings. The molecule has 0 spiro atoms. The monoisotopic (exact) mass is 266 g/mol. The van der Waals surface area contributed by atoms with Gasteiger partial charge in [-0.3, -0.25) is 14.5 Å². The van der Waals surface area contributed by atoms with Crippen LogP contribution in [-0.2, 0) is 4.79 Å². The van der Waals surface area contributed by atoms with Gasteiger partial charge >= 0.3 is 0 Å². The van der Waals surface area contributed by atoms with E-state index in [4.69, 9.17) is 0 Å². The number of rotatable bonds is 2. The topological polar surface area (TPSA) is 49.4 Å². The van der Waals surface area contributed by atoms with Crippen LogP contribution in [-0.4, -0.2) is 18.2 Å². The molecule has 1 N–H and O–H groups in total. The summed E-state index contributed by atoms with van der Waals surface area (Å²) in [5, 5.41) is 3.10. The van der Waals surface area contributed by atoms with Crippen molar-refractivity contribution in [2.45, 2.75) is 6.92 Å². The minimum Gasteiger partial charge on any atom is -0.374 e. The molecule has 0 aromatic heterocycles. The average Bonchev–Trinajstić information content (AvgIpc) is 2.47. The van der Waals surface area contributed by atoms with Crippen LogP contribution in [0.15, 0.2) is 48.5 Å². The number of nitrogens with one attached hydrogen (secondary N) is 1. The molecule has 0 unspecified atom stereocenters. The van der Waals surface area contributed by atoms with Gasteiger partial charge in [-0.25, -0.2) is 0 Å². The second-order valence-corrected chi connectivity index (χ2v) is 4.70. The van der Waals surface area contributed by atoms with Gasteiger partial charge in [-0.05, 0) is 43.3 Å². The van der Waals surface area contributed by atoms with E-state index < -0.39 is 0 Å². The molecule has 0 saturated carbocycles. The lowest BCUT2D eigenvalue weighted by molar-refractivity contribution is -0.116. The first-order valence-electron chi connectivity index (χ1n) is 6.43. The summed E-state index contributed by atoms with van der Waals surface area (Å²) in [6.07, 6.45) is 0. The van der Waals surface area contributed by atoms with E-state index >= 15 is 0 Å². The highest BCUT2D eigenvalue weighted by atomic mass is 16.2. The third-order valence-electron chi connectivity index (χ3n) is 3.36. The number of nitrogens with zero attached hydrogens (tertiary/aromatic N) is 1. The normalized spacial score (nSPS) is 13.7. The van der Waals surface area contributed by atoms with Gasteiger partial charge in [0.1, 0.15) is 0 Å². The Labute approximate surface area is 117 Å². The van der Waals surface area contributed by atoms with Crippen molar-refractivity contribution in [1.82, 2.24) is 0 Å². The van der Waals surface area contributed by atoms with Crippen LogP contribution in [0.2, 0.25) is 0 Å².